The summed E-state index contributed by atoms with van der Waals surface area (Å²) in [7, 11) is -1.23. The van der Waals surface area contributed by atoms with Gasteiger partial charge in [-0.2, -0.15) is 0 Å². The molecule has 0 amide bonds. The Bertz CT molecular complexity index is 373. The molecule has 0 rings (SSSR count). The van der Waals surface area contributed by atoms with E-state index in [9.17, 15) is 19.8 Å². The van der Waals surface area contributed by atoms with Gasteiger partial charge in [0.2, 0.25) is 0 Å². The average Bonchev–Trinajstić information content (AvgIpc) is 2.64. The van der Waals surface area contributed by atoms with Gasteiger partial charge in [0, 0.05) is 0 Å². The predicted molar refractivity (Wildman–Crippen MR) is 118 cm³/mol. The van der Waals surface area contributed by atoms with E-state index in [1.165, 1.54) is 38.5 Å². The van der Waals surface area contributed by atoms with Gasteiger partial charge in [0.05, 0.1) is 12.8 Å². The highest BCUT2D eigenvalue weighted by Crippen LogP contribution is 2.54. The molecule has 0 aromatic heterocycles. The Labute approximate surface area is 168 Å². The Hall–Kier alpha value is -0.710. The minimum absolute atomic E-state index is 0.184. The van der Waals surface area contributed by atoms with Crippen molar-refractivity contribution in [3.8, 4) is 0 Å². The van der Waals surface area contributed by atoms with Crippen molar-refractivity contribution < 1.29 is 19.8 Å². The lowest BCUT2D eigenvalue weighted by molar-refractivity contribution is -0.137. The fourth-order valence-corrected chi connectivity index (χ4v) is 8.93. The lowest BCUT2D eigenvalue weighted by Gasteiger charge is -2.45. The highest BCUT2D eigenvalue weighted by molar-refractivity contribution is 8.33. The first-order valence-corrected chi connectivity index (χ1v) is 13.3. The summed E-state index contributed by atoms with van der Waals surface area (Å²) in [5.74, 6) is 3.23. The standard InChI is InChI=1S/C22H44O4S/c1-5-9-11-19(7-3)17-27(15-13-21(23)24,16-14-22(25)26)18-20(8-4)12-10-6-2/h19-20H,5-18H2,1-4H3,(H,23,24)(H,25,26). The van der Waals surface area contributed by atoms with Crippen LogP contribution in [-0.2, 0) is 9.59 Å². The van der Waals surface area contributed by atoms with Gasteiger partial charge in [0.15, 0.2) is 0 Å². The SMILES string of the molecule is CCCCC(CC)CS(CCC(=O)O)(CCC(=O)O)CC(CC)CCCC. The second-order valence-corrected chi connectivity index (χ2v) is 12.0. The normalized spacial score (nSPS) is 14.7. The summed E-state index contributed by atoms with van der Waals surface area (Å²) in [6.07, 6.45) is 9.74. The van der Waals surface area contributed by atoms with E-state index in [-0.39, 0.29) is 12.8 Å². The molecule has 0 bridgehead atoms. The van der Waals surface area contributed by atoms with E-state index in [0.29, 0.717) is 23.3 Å². The van der Waals surface area contributed by atoms with Gasteiger partial charge in [0.25, 0.3) is 0 Å². The molecule has 0 aliphatic rings. The van der Waals surface area contributed by atoms with E-state index in [1.807, 2.05) is 0 Å². The van der Waals surface area contributed by atoms with Gasteiger partial charge in [-0.1, -0.05) is 66.2 Å². The molecule has 0 spiro atoms. The van der Waals surface area contributed by atoms with Crippen LogP contribution in [0, 0.1) is 11.8 Å². The van der Waals surface area contributed by atoms with Crippen molar-refractivity contribution in [3.63, 3.8) is 0 Å². The molecule has 0 aliphatic heterocycles. The van der Waals surface area contributed by atoms with Gasteiger partial charge in [-0.3, -0.25) is 9.59 Å². The summed E-state index contributed by atoms with van der Waals surface area (Å²) >= 11 is 0. The number of hydrogen-bond acceptors (Lipinski definition) is 2. The summed E-state index contributed by atoms with van der Waals surface area (Å²) in [6, 6.07) is 0. The van der Waals surface area contributed by atoms with Crippen LogP contribution in [0.3, 0.4) is 0 Å². The quantitative estimate of drug-likeness (QED) is 0.286. The summed E-state index contributed by atoms with van der Waals surface area (Å²) in [6.45, 7) is 8.87. The Morgan fingerprint density at radius 1 is 0.741 bits per heavy atom. The molecule has 2 atom stereocenters. The average molecular weight is 405 g/mol. The Kier molecular flexibility index (Phi) is 14.8. The zero-order valence-corrected chi connectivity index (χ0v) is 19.0. The molecule has 0 saturated heterocycles. The van der Waals surface area contributed by atoms with Crippen molar-refractivity contribution in [1.29, 1.82) is 0 Å². The molecular formula is C22H44O4S. The van der Waals surface area contributed by atoms with E-state index >= 15 is 0 Å². The summed E-state index contributed by atoms with van der Waals surface area (Å²) < 4.78 is 0. The van der Waals surface area contributed by atoms with Crippen LogP contribution in [0.5, 0.6) is 0 Å². The molecule has 0 radical (unpaired) electrons. The first kappa shape index (κ1) is 26.3. The lowest BCUT2D eigenvalue weighted by Crippen LogP contribution is -2.28. The fourth-order valence-electron chi connectivity index (χ4n) is 3.91. The van der Waals surface area contributed by atoms with Crippen molar-refractivity contribution >= 4 is 22.0 Å². The van der Waals surface area contributed by atoms with Crippen molar-refractivity contribution in [2.45, 2.75) is 91.9 Å². The molecule has 0 heterocycles. The third kappa shape index (κ3) is 12.4. The third-order valence-electron chi connectivity index (χ3n) is 5.76. The molecule has 0 aromatic carbocycles. The largest absolute Gasteiger partial charge is 0.481 e. The van der Waals surface area contributed by atoms with Crippen molar-refractivity contribution in [3.05, 3.63) is 0 Å². The smallest absolute Gasteiger partial charge is 0.304 e. The molecule has 0 aromatic rings. The predicted octanol–water partition coefficient (Wildman–Crippen LogP) is 6.17. The minimum atomic E-state index is -1.23. The first-order valence-electron chi connectivity index (χ1n) is 11.0. The van der Waals surface area contributed by atoms with E-state index < -0.39 is 22.0 Å². The highest BCUT2D eigenvalue weighted by atomic mass is 32.3. The zero-order valence-electron chi connectivity index (χ0n) is 18.2. The van der Waals surface area contributed by atoms with Crippen LogP contribution >= 0.6 is 10.0 Å². The minimum Gasteiger partial charge on any atom is -0.481 e. The molecule has 5 heteroatoms. The van der Waals surface area contributed by atoms with Crippen LogP contribution < -0.4 is 0 Å². The van der Waals surface area contributed by atoms with E-state index in [1.54, 1.807) is 0 Å². The number of carbonyl (C=O) groups is 2. The van der Waals surface area contributed by atoms with Crippen LogP contribution in [0.4, 0.5) is 0 Å². The number of unbranched alkanes of at least 4 members (excludes halogenated alkanes) is 2. The number of carboxylic acid groups (broad SMARTS) is 2. The highest BCUT2D eigenvalue weighted by Gasteiger charge is 2.31. The van der Waals surface area contributed by atoms with E-state index in [0.717, 1.165) is 24.3 Å². The molecular weight excluding hydrogens is 360 g/mol. The van der Waals surface area contributed by atoms with Gasteiger partial charge >= 0.3 is 11.9 Å². The maximum absolute atomic E-state index is 11.3. The third-order valence-corrected chi connectivity index (χ3v) is 10.3. The van der Waals surface area contributed by atoms with Crippen molar-refractivity contribution in [2.75, 3.05) is 23.0 Å². The second-order valence-electron chi connectivity index (χ2n) is 8.09. The molecule has 162 valence electrons. The van der Waals surface area contributed by atoms with Crippen LogP contribution in [0.25, 0.3) is 0 Å². The number of aliphatic carboxylic acids is 2. The Balaban J connectivity index is 5.51. The number of hydrogen-bond donors (Lipinski definition) is 2. The van der Waals surface area contributed by atoms with Crippen LogP contribution in [0.1, 0.15) is 91.9 Å². The van der Waals surface area contributed by atoms with E-state index in [4.69, 9.17) is 0 Å². The maximum Gasteiger partial charge on any atom is 0.304 e. The number of rotatable bonds is 18. The van der Waals surface area contributed by atoms with E-state index in [2.05, 4.69) is 27.7 Å². The molecule has 27 heavy (non-hydrogen) atoms. The first-order chi connectivity index (χ1) is 12.8. The van der Waals surface area contributed by atoms with Gasteiger partial charge in [-0.25, -0.2) is 10.0 Å². The van der Waals surface area contributed by atoms with Crippen LogP contribution in [0.2, 0.25) is 0 Å². The molecule has 0 aliphatic carbocycles. The van der Waals surface area contributed by atoms with Gasteiger partial charge in [-0.05, 0) is 47.7 Å². The molecule has 2 N–H and O–H groups in total. The summed E-state index contributed by atoms with van der Waals surface area (Å²) in [5.41, 5.74) is 0. The molecule has 2 unspecified atom stereocenters. The Morgan fingerprint density at radius 3 is 1.37 bits per heavy atom. The molecule has 0 fully saturated rings. The molecule has 0 saturated carbocycles. The number of carboxylic acids is 2. The van der Waals surface area contributed by atoms with Crippen LogP contribution in [0.15, 0.2) is 0 Å². The van der Waals surface area contributed by atoms with Gasteiger partial charge < -0.3 is 10.2 Å². The summed E-state index contributed by atoms with van der Waals surface area (Å²) in [5, 5.41) is 18.6. The second kappa shape index (κ2) is 15.2. The van der Waals surface area contributed by atoms with Gasteiger partial charge in [-0.15, -0.1) is 0 Å². The molecule has 4 nitrogen and oxygen atoms in total. The fraction of sp³-hybridized carbons (Fsp3) is 0.909. The van der Waals surface area contributed by atoms with Crippen LogP contribution in [-0.4, -0.2) is 45.2 Å². The van der Waals surface area contributed by atoms with Crippen molar-refractivity contribution in [1.82, 2.24) is 0 Å². The topological polar surface area (TPSA) is 74.6 Å². The zero-order chi connectivity index (χ0) is 20.7. The maximum atomic E-state index is 11.3. The summed E-state index contributed by atoms with van der Waals surface area (Å²) in [4.78, 5) is 22.7. The Morgan fingerprint density at radius 2 is 1.11 bits per heavy atom. The monoisotopic (exact) mass is 404 g/mol. The van der Waals surface area contributed by atoms with Gasteiger partial charge in [0.1, 0.15) is 0 Å². The lowest BCUT2D eigenvalue weighted by atomic mass is 10.0. The van der Waals surface area contributed by atoms with Crippen molar-refractivity contribution in [2.24, 2.45) is 11.8 Å².